The Labute approximate surface area is 63.2 Å². The van der Waals surface area contributed by atoms with E-state index in [1.807, 2.05) is 20.8 Å². The Morgan fingerprint density at radius 1 is 1.40 bits per heavy atom. The SMILES string of the molecule is CC[C@@H](O)[C@H](OC)C(C)C. The maximum Gasteiger partial charge on any atom is 0.0852 e. The summed E-state index contributed by atoms with van der Waals surface area (Å²) in [5.41, 5.74) is 0. The van der Waals surface area contributed by atoms with E-state index in [1.165, 1.54) is 0 Å². The molecule has 0 saturated carbocycles. The average molecular weight is 146 g/mol. The minimum Gasteiger partial charge on any atom is -0.390 e. The third-order valence-corrected chi connectivity index (χ3v) is 1.73. The van der Waals surface area contributed by atoms with Gasteiger partial charge in [0.1, 0.15) is 0 Å². The van der Waals surface area contributed by atoms with Crippen LogP contribution in [0.3, 0.4) is 0 Å². The Hall–Kier alpha value is -0.0800. The quantitative estimate of drug-likeness (QED) is 0.650. The second-order valence-electron chi connectivity index (χ2n) is 2.92. The van der Waals surface area contributed by atoms with E-state index < -0.39 is 0 Å². The lowest BCUT2D eigenvalue weighted by Crippen LogP contribution is -2.32. The summed E-state index contributed by atoms with van der Waals surface area (Å²) in [6, 6.07) is 0. The summed E-state index contributed by atoms with van der Waals surface area (Å²) >= 11 is 0. The third kappa shape index (κ3) is 2.67. The fourth-order valence-corrected chi connectivity index (χ4v) is 1.11. The number of aliphatic hydroxyl groups excluding tert-OH is 1. The molecule has 0 bridgehead atoms. The highest BCUT2D eigenvalue weighted by Gasteiger charge is 2.19. The second kappa shape index (κ2) is 4.69. The first-order valence-corrected chi connectivity index (χ1v) is 3.84. The van der Waals surface area contributed by atoms with Gasteiger partial charge in [0.05, 0.1) is 12.2 Å². The van der Waals surface area contributed by atoms with Gasteiger partial charge in [0.15, 0.2) is 0 Å². The van der Waals surface area contributed by atoms with Crippen molar-refractivity contribution < 1.29 is 9.84 Å². The van der Waals surface area contributed by atoms with Crippen molar-refractivity contribution in [3.63, 3.8) is 0 Å². The molecule has 0 radical (unpaired) electrons. The first-order valence-electron chi connectivity index (χ1n) is 3.84. The van der Waals surface area contributed by atoms with Gasteiger partial charge in [-0.1, -0.05) is 20.8 Å². The maximum atomic E-state index is 9.36. The number of rotatable bonds is 4. The summed E-state index contributed by atoms with van der Waals surface area (Å²) in [7, 11) is 1.64. The van der Waals surface area contributed by atoms with E-state index in [0.29, 0.717) is 5.92 Å². The van der Waals surface area contributed by atoms with Gasteiger partial charge in [0, 0.05) is 7.11 Å². The van der Waals surface area contributed by atoms with E-state index in [-0.39, 0.29) is 12.2 Å². The predicted octanol–water partition coefficient (Wildman–Crippen LogP) is 1.43. The Morgan fingerprint density at radius 2 is 1.90 bits per heavy atom. The molecule has 0 heterocycles. The van der Waals surface area contributed by atoms with Crippen molar-refractivity contribution in [1.29, 1.82) is 0 Å². The van der Waals surface area contributed by atoms with Gasteiger partial charge < -0.3 is 9.84 Å². The molecule has 10 heavy (non-hydrogen) atoms. The van der Waals surface area contributed by atoms with Gasteiger partial charge in [0.25, 0.3) is 0 Å². The second-order valence-corrected chi connectivity index (χ2v) is 2.92. The van der Waals surface area contributed by atoms with E-state index in [2.05, 4.69) is 0 Å². The van der Waals surface area contributed by atoms with E-state index >= 15 is 0 Å². The lowest BCUT2D eigenvalue weighted by molar-refractivity contribution is -0.0385. The van der Waals surface area contributed by atoms with Crippen LogP contribution in [0.1, 0.15) is 27.2 Å². The normalized spacial score (nSPS) is 17.4. The Balaban J connectivity index is 3.80. The smallest absolute Gasteiger partial charge is 0.0852 e. The number of hydrogen-bond donors (Lipinski definition) is 1. The van der Waals surface area contributed by atoms with Crippen molar-refractivity contribution in [3.05, 3.63) is 0 Å². The number of ether oxygens (including phenoxy) is 1. The summed E-state index contributed by atoms with van der Waals surface area (Å²) in [5.74, 6) is 0.389. The molecule has 2 nitrogen and oxygen atoms in total. The van der Waals surface area contributed by atoms with Crippen molar-refractivity contribution in [1.82, 2.24) is 0 Å². The molecule has 0 amide bonds. The molecule has 0 aromatic heterocycles. The maximum absolute atomic E-state index is 9.36. The minimum absolute atomic E-state index is 0.00926. The number of aliphatic hydroxyl groups is 1. The van der Waals surface area contributed by atoms with E-state index in [4.69, 9.17) is 4.74 Å². The predicted molar refractivity (Wildman–Crippen MR) is 41.9 cm³/mol. The van der Waals surface area contributed by atoms with Crippen LogP contribution >= 0.6 is 0 Å². The van der Waals surface area contributed by atoms with Crippen LogP contribution in [0, 0.1) is 5.92 Å². The molecule has 2 atom stereocenters. The third-order valence-electron chi connectivity index (χ3n) is 1.73. The molecule has 0 fully saturated rings. The van der Waals surface area contributed by atoms with Gasteiger partial charge in [0.2, 0.25) is 0 Å². The zero-order valence-corrected chi connectivity index (χ0v) is 7.29. The Morgan fingerprint density at radius 3 is 2.00 bits per heavy atom. The molecular formula is C8H18O2. The minimum atomic E-state index is -0.315. The Kier molecular flexibility index (Phi) is 4.65. The van der Waals surface area contributed by atoms with E-state index in [0.717, 1.165) is 6.42 Å². The standard InChI is InChI=1S/C8H18O2/c1-5-7(9)8(10-4)6(2)3/h6-9H,5H2,1-4H3/t7-,8-/m1/s1. The first kappa shape index (κ1) is 9.92. The van der Waals surface area contributed by atoms with Crippen LogP contribution in [-0.2, 0) is 4.74 Å². The van der Waals surface area contributed by atoms with Crippen LogP contribution in [0.15, 0.2) is 0 Å². The molecule has 0 aromatic rings. The van der Waals surface area contributed by atoms with Gasteiger partial charge in [-0.25, -0.2) is 0 Å². The van der Waals surface area contributed by atoms with E-state index in [9.17, 15) is 5.11 Å². The summed E-state index contributed by atoms with van der Waals surface area (Å²) in [5, 5.41) is 9.36. The molecular weight excluding hydrogens is 128 g/mol. The molecule has 0 saturated heterocycles. The van der Waals surface area contributed by atoms with Crippen molar-refractivity contribution in [2.75, 3.05) is 7.11 Å². The molecule has 62 valence electrons. The largest absolute Gasteiger partial charge is 0.390 e. The fourth-order valence-electron chi connectivity index (χ4n) is 1.11. The highest BCUT2D eigenvalue weighted by molar-refractivity contribution is 4.69. The van der Waals surface area contributed by atoms with E-state index in [1.54, 1.807) is 7.11 Å². The Bertz CT molecular complexity index is 81.3. The molecule has 2 heteroatoms. The zero-order chi connectivity index (χ0) is 8.15. The van der Waals surface area contributed by atoms with Crippen LogP contribution in [0.4, 0.5) is 0 Å². The van der Waals surface area contributed by atoms with Crippen LogP contribution in [-0.4, -0.2) is 24.4 Å². The topological polar surface area (TPSA) is 29.5 Å². The monoisotopic (exact) mass is 146 g/mol. The molecule has 0 aliphatic heterocycles. The zero-order valence-electron chi connectivity index (χ0n) is 7.29. The lowest BCUT2D eigenvalue weighted by atomic mass is 10.0. The van der Waals surface area contributed by atoms with Crippen molar-refractivity contribution >= 4 is 0 Å². The van der Waals surface area contributed by atoms with Gasteiger partial charge in [-0.3, -0.25) is 0 Å². The average Bonchev–Trinajstić information content (AvgIpc) is 1.88. The molecule has 0 rings (SSSR count). The van der Waals surface area contributed by atoms with Crippen LogP contribution < -0.4 is 0 Å². The van der Waals surface area contributed by atoms with Gasteiger partial charge in [-0.05, 0) is 12.3 Å². The molecule has 0 unspecified atom stereocenters. The summed E-state index contributed by atoms with van der Waals surface area (Å²) in [4.78, 5) is 0. The van der Waals surface area contributed by atoms with Crippen LogP contribution in [0.2, 0.25) is 0 Å². The molecule has 0 aliphatic carbocycles. The summed E-state index contributed by atoms with van der Waals surface area (Å²) in [6.45, 7) is 6.05. The highest BCUT2D eigenvalue weighted by Crippen LogP contribution is 2.11. The number of methoxy groups -OCH3 is 1. The van der Waals surface area contributed by atoms with Crippen molar-refractivity contribution in [2.45, 2.75) is 39.4 Å². The lowest BCUT2D eigenvalue weighted by Gasteiger charge is -2.23. The molecule has 0 spiro atoms. The van der Waals surface area contributed by atoms with Crippen molar-refractivity contribution in [3.8, 4) is 0 Å². The van der Waals surface area contributed by atoms with Crippen molar-refractivity contribution in [2.24, 2.45) is 5.92 Å². The van der Waals surface area contributed by atoms with Gasteiger partial charge in [-0.2, -0.15) is 0 Å². The molecule has 1 N–H and O–H groups in total. The fraction of sp³-hybridized carbons (Fsp3) is 1.00. The van der Waals surface area contributed by atoms with Crippen LogP contribution in [0.5, 0.6) is 0 Å². The number of hydrogen-bond acceptors (Lipinski definition) is 2. The van der Waals surface area contributed by atoms with Gasteiger partial charge >= 0.3 is 0 Å². The van der Waals surface area contributed by atoms with Gasteiger partial charge in [-0.15, -0.1) is 0 Å². The molecule has 0 aliphatic rings. The summed E-state index contributed by atoms with van der Waals surface area (Å²) < 4.78 is 5.11. The first-order chi connectivity index (χ1) is 4.63. The highest BCUT2D eigenvalue weighted by atomic mass is 16.5. The van der Waals surface area contributed by atoms with Crippen LogP contribution in [0.25, 0.3) is 0 Å². The molecule has 0 aromatic carbocycles. The summed E-state index contributed by atoms with van der Waals surface area (Å²) in [6.07, 6.45) is 0.437.